The van der Waals surface area contributed by atoms with Gasteiger partial charge in [-0.25, -0.2) is 0 Å². The zero-order chi connectivity index (χ0) is 17.5. The quantitative estimate of drug-likeness (QED) is 0.825. The number of nitrogens with zero attached hydrogens (tertiary/aromatic N) is 1. The minimum Gasteiger partial charge on any atom is -0.366 e. The predicted octanol–water partition coefficient (Wildman–Crippen LogP) is 3.36. The van der Waals surface area contributed by atoms with Crippen molar-refractivity contribution in [1.82, 2.24) is 10.2 Å². The molecule has 3 unspecified atom stereocenters. The van der Waals surface area contributed by atoms with Gasteiger partial charge in [-0.2, -0.15) is 0 Å². The average Bonchev–Trinajstić information content (AvgIpc) is 3.08. The van der Waals surface area contributed by atoms with Gasteiger partial charge in [-0.15, -0.1) is 0 Å². The van der Waals surface area contributed by atoms with Gasteiger partial charge < -0.3 is 10.1 Å². The molecule has 1 aliphatic heterocycles. The maximum Gasteiger partial charge on any atom is 0.250 e. The molecule has 138 valence electrons. The topological polar surface area (TPSA) is 41.6 Å². The first-order chi connectivity index (χ1) is 12.3. The van der Waals surface area contributed by atoms with E-state index in [1.165, 1.54) is 37.7 Å². The molecule has 25 heavy (non-hydrogen) atoms. The van der Waals surface area contributed by atoms with Gasteiger partial charge in [0.15, 0.2) is 0 Å². The van der Waals surface area contributed by atoms with E-state index in [4.69, 9.17) is 4.74 Å². The number of hydrogen-bond acceptors (Lipinski definition) is 3. The van der Waals surface area contributed by atoms with Crippen molar-refractivity contribution < 1.29 is 9.53 Å². The molecule has 1 N–H and O–H groups in total. The van der Waals surface area contributed by atoms with Gasteiger partial charge in [0.05, 0.1) is 6.61 Å². The lowest BCUT2D eigenvalue weighted by Gasteiger charge is -2.33. The number of unbranched alkanes of at least 4 members (excludes halogenated alkanes) is 1. The van der Waals surface area contributed by atoms with E-state index in [9.17, 15) is 4.79 Å². The summed E-state index contributed by atoms with van der Waals surface area (Å²) >= 11 is 0. The fraction of sp³-hybridized carbons (Fsp3) is 0.667. The molecular weight excluding hydrogens is 312 g/mol. The maximum absolute atomic E-state index is 12.7. The number of carbonyl (C=O) groups excluding carboxylic acids is 1. The van der Waals surface area contributed by atoms with E-state index in [1.807, 2.05) is 6.07 Å². The Morgan fingerprint density at radius 1 is 1.28 bits per heavy atom. The van der Waals surface area contributed by atoms with Gasteiger partial charge in [-0.3, -0.25) is 9.69 Å². The molecular formula is C21H32N2O2. The van der Waals surface area contributed by atoms with Crippen LogP contribution >= 0.6 is 0 Å². The minimum absolute atomic E-state index is 0.0890. The summed E-state index contributed by atoms with van der Waals surface area (Å²) in [6, 6.07) is 10.8. The molecule has 1 aromatic carbocycles. The second-order valence-electron chi connectivity index (χ2n) is 7.53. The number of morpholine rings is 1. The van der Waals surface area contributed by atoms with Crippen molar-refractivity contribution in [1.29, 1.82) is 0 Å². The van der Waals surface area contributed by atoms with Crippen LogP contribution in [0.15, 0.2) is 30.3 Å². The smallest absolute Gasteiger partial charge is 0.250 e. The second-order valence-corrected chi connectivity index (χ2v) is 7.53. The molecule has 1 saturated carbocycles. The molecule has 0 spiro atoms. The second kappa shape index (κ2) is 9.35. The summed E-state index contributed by atoms with van der Waals surface area (Å²) < 4.78 is 5.78. The van der Waals surface area contributed by atoms with E-state index >= 15 is 0 Å². The van der Waals surface area contributed by atoms with E-state index in [0.29, 0.717) is 25.1 Å². The predicted molar refractivity (Wildman–Crippen MR) is 100 cm³/mol. The van der Waals surface area contributed by atoms with Crippen LogP contribution in [0, 0.1) is 5.92 Å². The molecule has 3 rings (SSSR count). The van der Waals surface area contributed by atoms with Crippen LogP contribution in [0.3, 0.4) is 0 Å². The molecule has 0 bridgehead atoms. The Hall–Kier alpha value is -1.39. The molecule has 0 radical (unpaired) electrons. The highest BCUT2D eigenvalue weighted by Crippen LogP contribution is 2.30. The van der Waals surface area contributed by atoms with Gasteiger partial charge in [0, 0.05) is 25.7 Å². The van der Waals surface area contributed by atoms with Gasteiger partial charge in [0.25, 0.3) is 5.91 Å². The van der Waals surface area contributed by atoms with Gasteiger partial charge in [-0.1, -0.05) is 56.5 Å². The lowest BCUT2D eigenvalue weighted by atomic mass is 9.96. The molecule has 1 heterocycles. The van der Waals surface area contributed by atoms with E-state index < -0.39 is 0 Å². The Morgan fingerprint density at radius 3 is 2.92 bits per heavy atom. The third-order valence-corrected chi connectivity index (χ3v) is 5.61. The van der Waals surface area contributed by atoms with Crippen LogP contribution in [0.1, 0.15) is 51.0 Å². The molecule has 3 atom stereocenters. The average molecular weight is 344 g/mol. The molecule has 2 aliphatic rings. The highest BCUT2D eigenvalue weighted by Gasteiger charge is 2.32. The summed E-state index contributed by atoms with van der Waals surface area (Å²) in [7, 11) is 0. The summed E-state index contributed by atoms with van der Waals surface area (Å²) in [6.07, 6.45) is 7.04. The van der Waals surface area contributed by atoms with Crippen LogP contribution < -0.4 is 5.32 Å². The van der Waals surface area contributed by atoms with Crippen LogP contribution in [0.4, 0.5) is 0 Å². The molecule has 4 nitrogen and oxygen atoms in total. The number of benzene rings is 1. The minimum atomic E-state index is -0.329. The standard InChI is InChI=1S/C21H32N2O2/c1-2-3-10-18-11-7-12-19(18)22-21(24)20-16-23(13-14-25-20)15-17-8-5-4-6-9-17/h4-6,8-9,18-20H,2-3,7,10-16H2,1H3,(H,22,24). The molecule has 2 fully saturated rings. The van der Waals surface area contributed by atoms with Gasteiger partial charge in [0.1, 0.15) is 6.10 Å². The Kier molecular flexibility index (Phi) is 6.88. The third kappa shape index (κ3) is 5.29. The number of ether oxygens (including phenoxy) is 1. The first-order valence-electron chi connectivity index (χ1n) is 9.94. The maximum atomic E-state index is 12.7. The highest BCUT2D eigenvalue weighted by molar-refractivity contribution is 5.81. The Balaban J connectivity index is 1.49. The summed E-state index contributed by atoms with van der Waals surface area (Å²) in [5.41, 5.74) is 1.29. The number of carbonyl (C=O) groups is 1. The SMILES string of the molecule is CCCCC1CCCC1NC(=O)C1CN(Cc2ccccc2)CCO1. The van der Waals surface area contributed by atoms with Crippen LogP contribution in [0.5, 0.6) is 0 Å². The number of hydrogen-bond donors (Lipinski definition) is 1. The lowest BCUT2D eigenvalue weighted by molar-refractivity contribution is -0.139. The molecule has 1 saturated heterocycles. The fourth-order valence-corrected chi connectivity index (χ4v) is 4.16. The van der Waals surface area contributed by atoms with Gasteiger partial charge in [0.2, 0.25) is 0 Å². The molecule has 1 aromatic rings. The van der Waals surface area contributed by atoms with Crippen LogP contribution in [0.25, 0.3) is 0 Å². The normalized spacial score (nSPS) is 27.3. The zero-order valence-electron chi connectivity index (χ0n) is 15.5. The van der Waals surface area contributed by atoms with E-state index in [-0.39, 0.29) is 12.0 Å². The molecule has 4 heteroatoms. The van der Waals surface area contributed by atoms with Crippen molar-refractivity contribution in [3.05, 3.63) is 35.9 Å². The zero-order valence-corrected chi connectivity index (χ0v) is 15.5. The first kappa shape index (κ1) is 18.4. The van der Waals surface area contributed by atoms with Crippen molar-refractivity contribution in [2.75, 3.05) is 19.7 Å². The summed E-state index contributed by atoms with van der Waals surface area (Å²) in [6.45, 7) is 5.33. The monoisotopic (exact) mass is 344 g/mol. The van der Waals surface area contributed by atoms with Crippen molar-refractivity contribution in [3.63, 3.8) is 0 Å². The number of nitrogens with one attached hydrogen (secondary N) is 1. The van der Waals surface area contributed by atoms with E-state index in [1.54, 1.807) is 0 Å². The van der Waals surface area contributed by atoms with Crippen molar-refractivity contribution >= 4 is 5.91 Å². The van der Waals surface area contributed by atoms with Gasteiger partial charge in [-0.05, 0) is 30.7 Å². The molecule has 1 aliphatic carbocycles. The van der Waals surface area contributed by atoms with Crippen LogP contribution in [-0.2, 0) is 16.1 Å². The van der Waals surface area contributed by atoms with Crippen LogP contribution in [0.2, 0.25) is 0 Å². The van der Waals surface area contributed by atoms with Crippen molar-refractivity contribution in [2.45, 2.75) is 64.1 Å². The Bertz CT molecular complexity index is 534. The first-order valence-corrected chi connectivity index (χ1v) is 9.94. The van der Waals surface area contributed by atoms with Crippen molar-refractivity contribution in [2.24, 2.45) is 5.92 Å². The number of rotatable bonds is 7. The summed E-state index contributed by atoms with van der Waals surface area (Å²) in [5.74, 6) is 0.749. The fourth-order valence-electron chi connectivity index (χ4n) is 4.16. The Morgan fingerprint density at radius 2 is 2.12 bits per heavy atom. The highest BCUT2D eigenvalue weighted by atomic mass is 16.5. The van der Waals surface area contributed by atoms with E-state index in [0.717, 1.165) is 19.5 Å². The lowest BCUT2D eigenvalue weighted by Crippen LogP contribution is -2.52. The third-order valence-electron chi connectivity index (χ3n) is 5.61. The summed E-state index contributed by atoms with van der Waals surface area (Å²) in [5, 5.41) is 3.30. The van der Waals surface area contributed by atoms with Gasteiger partial charge >= 0.3 is 0 Å². The van der Waals surface area contributed by atoms with E-state index in [2.05, 4.69) is 41.4 Å². The molecule has 0 aromatic heterocycles. The number of amides is 1. The van der Waals surface area contributed by atoms with Crippen LogP contribution in [-0.4, -0.2) is 42.6 Å². The largest absolute Gasteiger partial charge is 0.366 e. The Labute approximate surface area is 151 Å². The van der Waals surface area contributed by atoms with Crippen molar-refractivity contribution in [3.8, 4) is 0 Å². The molecule has 1 amide bonds. The summed E-state index contributed by atoms with van der Waals surface area (Å²) in [4.78, 5) is 15.0.